The molecule has 2 aromatic rings. The van der Waals surface area contributed by atoms with Crippen LogP contribution in [0.3, 0.4) is 0 Å². The van der Waals surface area contributed by atoms with E-state index >= 15 is 0 Å². The normalized spacial score (nSPS) is 10.6. The van der Waals surface area contributed by atoms with E-state index in [0.29, 0.717) is 15.2 Å². The van der Waals surface area contributed by atoms with Crippen molar-refractivity contribution in [3.05, 3.63) is 27.1 Å². The summed E-state index contributed by atoms with van der Waals surface area (Å²) in [5, 5.41) is 2.24. The summed E-state index contributed by atoms with van der Waals surface area (Å²) in [5.41, 5.74) is 0.451. The van der Waals surface area contributed by atoms with E-state index in [9.17, 15) is 4.79 Å². The number of rotatable bonds is 0. The second-order valence-corrected chi connectivity index (χ2v) is 3.28. The van der Waals surface area contributed by atoms with Gasteiger partial charge in [-0.3, -0.25) is 4.79 Å². The number of halogens is 1. The number of hydrogen-bond donors (Lipinski definition) is 1. The smallest absolute Gasteiger partial charge is 0.268 e. The van der Waals surface area contributed by atoms with Gasteiger partial charge < -0.3 is 4.98 Å². The van der Waals surface area contributed by atoms with Gasteiger partial charge in [-0.25, -0.2) is 4.98 Å². The van der Waals surface area contributed by atoms with Gasteiger partial charge in [0.25, 0.3) is 5.56 Å². The highest BCUT2D eigenvalue weighted by Crippen LogP contribution is 2.24. The molecular weight excluding hydrogens is 184 g/mol. The predicted octanol–water partition coefficient (Wildman–Crippen LogP) is 1.64. The number of nitrogens with one attached hydrogen (secondary N) is 1. The first kappa shape index (κ1) is 6.82. The monoisotopic (exact) mass is 186 g/mol. The highest BCUT2D eigenvalue weighted by atomic mass is 35.5. The third-order valence-corrected chi connectivity index (χ3v) is 2.70. The summed E-state index contributed by atoms with van der Waals surface area (Å²) in [4.78, 5) is 17.4. The van der Waals surface area contributed by atoms with Crippen molar-refractivity contribution in [3.63, 3.8) is 0 Å². The van der Waals surface area contributed by atoms with Gasteiger partial charge in [0.05, 0.1) is 11.3 Å². The van der Waals surface area contributed by atoms with Crippen LogP contribution in [0.4, 0.5) is 0 Å². The van der Waals surface area contributed by atoms with Crippen LogP contribution in [0.1, 0.15) is 0 Å². The molecule has 11 heavy (non-hydrogen) atoms. The molecule has 2 aromatic heterocycles. The number of fused-ring (bicyclic) bond motifs is 1. The molecule has 0 radical (unpaired) electrons. The maximum absolute atomic E-state index is 11.0. The molecule has 0 saturated heterocycles. The largest absolute Gasteiger partial charge is 0.312 e. The second kappa shape index (κ2) is 2.32. The first-order chi connectivity index (χ1) is 5.29. The fourth-order valence-electron chi connectivity index (χ4n) is 0.833. The fraction of sp³-hybridized carbons (Fsp3) is 0. The highest BCUT2D eigenvalue weighted by Gasteiger charge is 2.04. The van der Waals surface area contributed by atoms with E-state index in [2.05, 4.69) is 9.97 Å². The minimum atomic E-state index is -0.132. The summed E-state index contributed by atoms with van der Waals surface area (Å²) >= 11 is 7.04. The zero-order valence-electron chi connectivity index (χ0n) is 5.30. The van der Waals surface area contributed by atoms with Crippen LogP contribution in [0.25, 0.3) is 10.2 Å². The van der Waals surface area contributed by atoms with Gasteiger partial charge in [-0.1, -0.05) is 11.6 Å². The molecule has 0 aromatic carbocycles. The minimum absolute atomic E-state index is 0.132. The molecule has 0 aliphatic heterocycles. The molecule has 3 nitrogen and oxygen atoms in total. The second-order valence-electron chi connectivity index (χ2n) is 1.99. The van der Waals surface area contributed by atoms with Crippen molar-refractivity contribution < 1.29 is 0 Å². The number of H-pyrrole nitrogens is 1. The van der Waals surface area contributed by atoms with E-state index in [1.807, 2.05) is 0 Å². The van der Waals surface area contributed by atoms with Crippen molar-refractivity contribution in [2.45, 2.75) is 0 Å². The lowest BCUT2D eigenvalue weighted by Crippen LogP contribution is -2.03. The molecule has 0 saturated carbocycles. The third kappa shape index (κ3) is 0.948. The molecule has 0 atom stereocenters. The maximum atomic E-state index is 11.0. The van der Waals surface area contributed by atoms with Crippen LogP contribution in [0.15, 0.2) is 16.5 Å². The molecule has 5 heteroatoms. The Hall–Kier alpha value is -0.870. The van der Waals surface area contributed by atoms with Crippen LogP contribution in [0.5, 0.6) is 0 Å². The SMILES string of the molecule is O=c1[nH]cnc2c(Cl)csc12. The summed E-state index contributed by atoms with van der Waals surface area (Å²) in [7, 11) is 0. The van der Waals surface area contributed by atoms with Crippen LogP contribution in [0, 0.1) is 0 Å². The fourth-order valence-corrected chi connectivity index (χ4v) is 1.94. The van der Waals surface area contributed by atoms with E-state index in [1.165, 1.54) is 17.7 Å². The van der Waals surface area contributed by atoms with Gasteiger partial charge in [0.2, 0.25) is 0 Å². The summed E-state index contributed by atoms with van der Waals surface area (Å²) in [5.74, 6) is 0. The van der Waals surface area contributed by atoms with Gasteiger partial charge in [0.15, 0.2) is 0 Å². The molecular formula is C6H3ClN2OS. The van der Waals surface area contributed by atoms with Crippen LogP contribution < -0.4 is 5.56 Å². The lowest BCUT2D eigenvalue weighted by molar-refractivity contribution is 1.18. The first-order valence-corrected chi connectivity index (χ1v) is 4.15. The molecule has 0 spiro atoms. The average molecular weight is 187 g/mol. The Morgan fingerprint density at radius 2 is 2.45 bits per heavy atom. The third-order valence-electron chi connectivity index (χ3n) is 1.32. The predicted molar refractivity (Wildman–Crippen MR) is 45.3 cm³/mol. The molecule has 0 amide bonds. The Kier molecular flexibility index (Phi) is 1.44. The number of hydrogen-bond acceptors (Lipinski definition) is 3. The molecule has 2 rings (SSSR count). The Morgan fingerprint density at radius 3 is 3.18 bits per heavy atom. The van der Waals surface area contributed by atoms with E-state index in [1.54, 1.807) is 5.38 Å². The number of thiophene rings is 1. The van der Waals surface area contributed by atoms with Crippen molar-refractivity contribution in [1.29, 1.82) is 0 Å². The van der Waals surface area contributed by atoms with Gasteiger partial charge >= 0.3 is 0 Å². The zero-order valence-corrected chi connectivity index (χ0v) is 6.87. The van der Waals surface area contributed by atoms with Crippen LogP contribution in [0.2, 0.25) is 5.02 Å². The van der Waals surface area contributed by atoms with Crippen LogP contribution >= 0.6 is 22.9 Å². The molecule has 0 aliphatic carbocycles. The summed E-state index contributed by atoms with van der Waals surface area (Å²) < 4.78 is 0.581. The van der Waals surface area contributed by atoms with E-state index in [0.717, 1.165) is 0 Å². The maximum Gasteiger partial charge on any atom is 0.268 e. The Labute approximate surface area is 70.7 Å². The molecule has 0 unspecified atom stereocenters. The summed E-state index contributed by atoms with van der Waals surface area (Å²) in [6.45, 7) is 0. The highest BCUT2D eigenvalue weighted by molar-refractivity contribution is 7.17. The van der Waals surface area contributed by atoms with Gasteiger partial charge in [-0.05, 0) is 0 Å². The Morgan fingerprint density at radius 1 is 1.64 bits per heavy atom. The van der Waals surface area contributed by atoms with Gasteiger partial charge in [-0.2, -0.15) is 0 Å². The molecule has 2 heterocycles. The number of aromatic amines is 1. The average Bonchev–Trinajstić information content (AvgIpc) is 2.35. The van der Waals surface area contributed by atoms with Gasteiger partial charge in [0, 0.05) is 5.38 Å². The van der Waals surface area contributed by atoms with Crippen molar-refractivity contribution in [2.24, 2.45) is 0 Å². The van der Waals surface area contributed by atoms with Gasteiger partial charge in [0.1, 0.15) is 10.2 Å². The first-order valence-electron chi connectivity index (χ1n) is 2.89. The lowest BCUT2D eigenvalue weighted by atomic mass is 10.5. The van der Waals surface area contributed by atoms with Crippen molar-refractivity contribution in [2.75, 3.05) is 0 Å². The van der Waals surface area contributed by atoms with Crippen molar-refractivity contribution in [3.8, 4) is 0 Å². The molecule has 0 fully saturated rings. The minimum Gasteiger partial charge on any atom is -0.312 e. The molecule has 56 valence electrons. The zero-order chi connectivity index (χ0) is 7.84. The summed E-state index contributed by atoms with van der Waals surface area (Å²) in [6.07, 6.45) is 1.35. The number of aromatic nitrogens is 2. The van der Waals surface area contributed by atoms with E-state index in [-0.39, 0.29) is 5.56 Å². The molecule has 0 aliphatic rings. The topological polar surface area (TPSA) is 45.8 Å². The van der Waals surface area contributed by atoms with Crippen molar-refractivity contribution >= 4 is 33.2 Å². The van der Waals surface area contributed by atoms with Crippen LogP contribution in [-0.4, -0.2) is 9.97 Å². The molecule has 1 N–H and O–H groups in total. The molecule has 0 bridgehead atoms. The standard InChI is InChI=1S/C6H3ClN2OS/c7-3-1-11-5-4(3)8-2-9-6(5)10/h1-2H,(H,8,9,10). The lowest BCUT2D eigenvalue weighted by Gasteiger charge is -1.85. The Bertz CT molecular complexity index is 447. The quantitative estimate of drug-likeness (QED) is 0.680. The summed E-state index contributed by atoms with van der Waals surface area (Å²) in [6, 6.07) is 0. The van der Waals surface area contributed by atoms with Gasteiger partial charge in [-0.15, -0.1) is 11.3 Å². The van der Waals surface area contributed by atoms with E-state index < -0.39 is 0 Å². The van der Waals surface area contributed by atoms with E-state index in [4.69, 9.17) is 11.6 Å². The number of nitrogens with zero attached hydrogens (tertiary/aromatic N) is 1. The Balaban J connectivity index is 3.06. The van der Waals surface area contributed by atoms with Crippen LogP contribution in [-0.2, 0) is 0 Å². The van der Waals surface area contributed by atoms with Crippen molar-refractivity contribution in [1.82, 2.24) is 9.97 Å².